The summed E-state index contributed by atoms with van der Waals surface area (Å²) in [5, 5.41) is 6.64. The molecule has 0 atom stereocenters. The fraction of sp³-hybridized carbons (Fsp3) is 0. The van der Waals surface area contributed by atoms with Gasteiger partial charge < -0.3 is 13.6 Å². The second-order valence-corrected chi connectivity index (χ2v) is 17.5. The lowest BCUT2D eigenvalue weighted by molar-refractivity contribution is 0.669. The lowest BCUT2D eigenvalue weighted by atomic mass is 10.0. The molecule has 0 aliphatic heterocycles. The number of hydrogen-bond acceptors (Lipinski definition) is 4. The van der Waals surface area contributed by atoms with Crippen LogP contribution in [0.5, 0.6) is 0 Å². The third-order valence-electron chi connectivity index (χ3n) is 13.6. The predicted octanol–water partition coefficient (Wildman–Crippen LogP) is 16.3. The van der Waals surface area contributed by atoms with Crippen LogP contribution in [0.4, 0.5) is 0 Å². The van der Waals surface area contributed by atoms with E-state index in [1.54, 1.807) is 0 Å². The van der Waals surface area contributed by atoms with Crippen LogP contribution < -0.4 is 0 Å². The van der Waals surface area contributed by atoms with Crippen molar-refractivity contribution in [1.82, 2.24) is 24.1 Å². The maximum Gasteiger partial charge on any atom is 0.167 e. The van der Waals surface area contributed by atoms with Crippen molar-refractivity contribution in [3.63, 3.8) is 0 Å². The highest BCUT2D eigenvalue weighted by Gasteiger charge is 2.25. The highest BCUT2D eigenvalue weighted by Crippen LogP contribution is 2.44. The van der Waals surface area contributed by atoms with Crippen molar-refractivity contribution < 1.29 is 4.42 Å². The molecule has 0 fully saturated rings. The maximum absolute atomic E-state index is 6.62. The minimum Gasteiger partial charge on any atom is -0.455 e. The first kappa shape index (κ1) is 38.8. The van der Waals surface area contributed by atoms with Crippen LogP contribution in [-0.4, -0.2) is 24.1 Å². The topological polar surface area (TPSA) is 61.7 Å². The molecular weight excluding hydrogens is 843 g/mol. The fourth-order valence-electron chi connectivity index (χ4n) is 10.5. The van der Waals surface area contributed by atoms with Crippen molar-refractivity contribution >= 4 is 65.6 Å². The summed E-state index contributed by atoms with van der Waals surface area (Å²) in [6.07, 6.45) is 0. The predicted molar refractivity (Wildman–Crippen MR) is 283 cm³/mol. The molecule has 322 valence electrons. The molecule has 4 heterocycles. The van der Waals surface area contributed by atoms with Gasteiger partial charge in [0.05, 0.1) is 39.0 Å². The summed E-state index contributed by atoms with van der Waals surface area (Å²) in [6.45, 7) is 0. The van der Waals surface area contributed by atoms with E-state index in [0.717, 1.165) is 110 Å². The van der Waals surface area contributed by atoms with E-state index in [1.807, 2.05) is 24.3 Å². The summed E-state index contributed by atoms with van der Waals surface area (Å²) in [7, 11) is 0. The van der Waals surface area contributed by atoms with Crippen molar-refractivity contribution in [2.45, 2.75) is 0 Å². The van der Waals surface area contributed by atoms with Gasteiger partial charge in [0, 0.05) is 49.0 Å². The summed E-state index contributed by atoms with van der Waals surface area (Å²) >= 11 is 0. The molecule has 6 heteroatoms. The molecule has 0 bridgehead atoms. The Bertz CT molecular complexity index is 4300. The average Bonchev–Trinajstić information content (AvgIpc) is 4.09. The van der Waals surface area contributed by atoms with Gasteiger partial charge in [-0.15, -0.1) is 0 Å². The summed E-state index contributed by atoms with van der Waals surface area (Å²) in [6, 6.07) is 83.4. The van der Waals surface area contributed by atoms with Crippen LogP contribution in [0, 0.1) is 0 Å². The normalized spacial score (nSPS) is 11.8. The quantitative estimate of drug-likeness (QED) is 0.160. The van der Waals surface area contributed by atoms with Crippen LogP contribution in [0.15, 0.2) is 241 Å². The Morgan fingerprint density at radius 2 is 0.739 bits per heavy atom. The van der Waals surface area contributed by atoms with Gasteiger partial charge in [-0.1, -0.05) is 194 Å². The van der Waals surface area contributed by atoms with E-state index in [0.29, 0.717) is 17.5 Å². The lowest BCUT2D eigenvalue weighted by Gasteiger charge is -2.18. The van der Waals surface area contributed by atoms with Gasteiger partial charge in [-0.05, 0) is 59.2 Å². The molecule has 14 aromatic rings. The molecule has 0 unspecified atom stereocenters. The van der Waals surface area contributed by atoms with Gasteiger partial charge in [0.1, 0.15) is 11.2 Å². The first-order chi connectivity index (χ1) is 34.2. The standard InChI is InChI=1S/C63H39N5O/c1-3-18-40(19-4-1)41-36-38-43(39-37-41)61-64-62(66-63(65-61)52-30-16-28-50-47-25-10-14-35-57(47)69-60(50)52)51-29-15-26-48-45-23-8-13-33-55(45)68(58(48)51)56-34-17-27-49-46-24-9-12-32-54(46)67(59(49)56)53-31-11-7-22-44(53)42-20-5-2-6-21-42/h1-39H. The van der Waals surface area contributed by atoms with Crippen LogP contribution >= 0.6 is 0 Å². The van der Waals surface area contributed by atoms with Gasteiger partial charge in [-0.3, -0.25) is 0 Å². The van der Waals surface area contributed by atoms with E-state index < -0.39 is 0 Å². The zero-order valence-electron chi connectivity index (χ0n) is 37.2. The van der Waals surface area contributed by atoms with Gasteiger partial charge >= 0.3 is 0 Å². The van der Waals surface area contributed by atoms with E-state index in [-0.39, 0.29) is 0 Å². The third-order valence-corrected chi connectivity index (χ3v) is 13.6. The number of nitrogens with zero attached hydrogens (tertiary/aromatic N) is 5. The van der Waals surface area contributed by atoms with Gasteiger partial charge in [-0.2, -0.15) is 0 Å². The van der Waals surface area contributed by atoms with E-state index in [9.17, 15) is 0 Å². The summed E-state index contributed by atoms with van der Waals surface area (Å²) in [5.41, 5.74) is 15.2. The van der Waals surface area contributed by atoms with Crippen LogP contribution in [-0.2, 0) is 0 Å². The number of benzene rings is 10. The maximum atomic E-state index is 6.62. The Morgan fingerprint density at radius 3 is 1.48 bits per heavy atom. The fourth-order valence-corrected chi connectivity index (χ4v) is 10.5. The monoisotopic (exact) mass is 881 g/mol. The average molecular weight is 882 g/mol. The second-order valence-electron chi connectivity index (χ2n) is 17.5. The van der Waals surface area contributed by atoms with E-state index in [2.05, 4.69) is 221 Å². The number of aromatic nitrogens is 5. The number of hydrogen-bond donors (Lipinski definition) is 0. The molecule has 4 aromatic heterocycles. The third kappa shape index (κ3) is 6.16. The summed E-state index contributed by atoms with van der Waals surface area (Å²) < 4.78 is 11.5. The van der Waals surface area contributed by atoms with Gasteiger partial charge in [0.15, 0.2) is 17.5 Å². The smallest absolute Gasteiger partial charge is 0.167 e. The second kappa shape index (κ2) is 15.6. The molecule has 69 heavy (non-hydrogen) atoms. The molecule has 0 amide bonds. The number of para-hydroxylation sites is 7. The summed E-state index contributed by atoms with van der Waals surface area (Å²) in [4.78, 5) is 16.1. The van der Waals surface area contributed by atoms with Crippen LogP contribution in [0.1, 0.15) is 0 Å². The molecule has 0 aliphatic carbocycles. The zero-order chi connectivity index (χ0) is 45.4. The van der Waals surface area contributed by atoms with Crippen LogP contribution in [0.2, 0.25) is 0 Å². The molecule has 14 rings (SSSR count). The largest absolute Gasteiger partial charge is 0.455 e. The van der Waals surface area contributed by atoms with Crippen molar-refractivity contribution in [1.29, 1.82) is 0 Å². The van der Waals surface area contributed by atoms with Crippen LogP contribution in [0.25, 0.3) is 133 Å². The van der Waals surface area contributed by atoms with Gasteiger partial charge in [0.2, 0.25) is 0 Å². The van der Waals surface area contributed by atoms with Crippen molar-refractivity contribution in [2.75, 3.05) is 0 Å². The molecule has 10 aromatic carbocycles. The summed E-state index contributed by atoms with van der Waals surface area (Å²) in [5.74, 6) is 1.67. The Hall–Kier alpha value is -9.39. The Morgan fingerprint density at radius 1 is 0.275 bits per heavy atom. The first-order valence-corrected chi connectivity index (χ1v) is 23.3. The Labute approximate surface area is 396 Å². The van der Waals surface area contributed by atoms with E-state index >= 15 is 0 Å². The Balaban J connectivity index is 1.06. The minimum atomic E-state index is 0.534. The Kier molecular flexibility index (Phi) is 8.79. The number of fused-ring (bicyclic) bond motifs is 9. The van der Waals surface area contributed by atoms with Crippen molar-refractivity contribution in [2.24, 2.45) is 0 Å². The SMILES string of the molecule is c1ccc(-c2ccc(-c3nc(-c4cccc5c4oc4ccccc45)nc(-c4cccc5c6ccccc6n(-c6cccc7c8ccccc8n(-c8ccccc8-c8ccccc8)c67)c45)n3)cc2)cc1. The molecule has 0 radical (unpaired) electrons. The molecule has 0 saturated heterocycles. The highest BCUT2D eigenvalue weighted by atomic mass is 16.3. The molecular formula is C63H39N5O. The first-order valence-electron chi connectivity index (χ1n) is 23.3. The van der Waals surface area contributed by atoms with Crippen molar-refractivity contribution in [3.8, 4) is 67.8 Å². The van der Waals surface area contributed by atoms with E-state index in [4.69, 9.17) is 19.4 Å². The molecule has 6 nitrogen and oxygen atoms in total. The van der Waals surface area contributed by atoms with E-state index in [1.165, 1.54) is 5.39 Å². The van der Waals surface area contributed by atoms with Gasteiger partial charge in [-0.25, -0.2) is 15.0 Å². The van der Waals surface area contributed by atoms with Crippen molar-refractivity contribution in [3.05, 3.63) is 237 Å². The van der Waals surface area contributed by atoms with Gasteiger partial charge in [0.25, 0.3) is 0 Å². The highest BCUT2D eigenvalue weighted by molar-refractivity contribution is 6.17. The molecule has 0 spiro atoms. The zero-order valence-corrected chi connectivity index (χ0v) is 37.2. The molecule has 0 saturated carbocycles. The minimum absolute atomic E-state index is 0.534. The lowest BCUT2D eigenvalue weighted by Crippen LogP contribution is -2.04. The number of rotatable bonds is 7. The number of furan rings is 1. The molecule has 0 aliphatic rings. The van der Waals surface area contributed by atoms with Crippen LogP contribution in [0.3, 0.4) is 0 Å². The molecule has 0 N–H and O–H groups in total.